The van der Waals surface area contributed by atoms with Gasteiger partial charge in [-0.3, -0.25) is 4.79 Å². The van der Waals surface area contributed by atoms with E-state index >= 15 is 0 Å². The highest BCUT2D eigenvalue weighted by molar-refractivity contribution is 6.07. The second kappa shape index (κ2) is 7.34. The highest BCUT2D eigenvalue weighted by Crippen LogP contribution is 2.27. The molecule has 1 amide bonds. The van der Waals surface area contributed by atoms with Gasteiger partial charge in [-0.15, -0.1) is 0 Å². The molecule has 5 heteroatoms. The Balaban J connectivity index is 1.74. The Morgan fingerprint density at radius 2 is 2.12 bits per heavy atom. The molecule has 0 bridgehead atoms. The first-order valence-electron chi connectivity index (χ1n) is 8.44. The number of carbonyl (C=O) groups excluding carboxylic acids is 1. The Bertz CT molecular complexity index is 832. The summed E-state index contributed by atoms with van der Waals surface area (Å²) < 4.78 is 7.82. The lowest BCUT2D eigenvalue weighted by molar-refractivity contribution is 0.0953. The zero-order valence-corrected chi connectivity index (χ0v) is 14.2. The van der Waals surface area contributed by atoms with Crippen LogP contribution < -0.4 is 5.32 Å². The molecule has 0 radical (unpaired) electrons. The van der Waals surface area contributed by atoms with Crippen LogP contribution in [-0.4, -0.2) is 22.0 Å². The summed E-state index contributed by atoms with van der Waals surface area (Å²) in [5.74, 6) is 0.718. The van der Waals surface area contributed by atoms with E-state index in [2.05, 4.69) is 17.2 Å². The maximum atomic E-state index is 12.7. The monoisotopic (exact) mass is 325 g/mol. The smallest absolute Gasteiger partial charge is 0.255 e. The van der Waals surface area contributed by atoms with Crippen LogP contribution in [0.1, 0.15) is 41.6 Å². The van der Waals surface area contributed by atoms with E-state index in [0.717, 1.165) is 41.7 Å². The van der Waals surface area contributed by atoms with Crippen molar-refractivity contribution in [1.29, 1.82) is 0 Å². The summed E-state index contributed by atoms with van der Waals surface area (Å²) in [5.41, 5.74) is 2.43. The molecule has 2 aromatic heterocycles. The van der Waals surface area contributed by atoms with Gasteiger partial charge >= 0.3 is 0 Å². The molecule has 0 fully saturated rings. The van der Waals surface area contributed by atoms with Crippen molar-refractivity contribution < 1.29 is 9.21 Å². The van der Waals surface area contributed by atoms with Crippen LogP contribution >= 0.6 is 0 Å². The standard InChI is InChI=1S/C19H23N3O2/c1-3-4-8-17-18(15-7-5-6-9-16(15)24-17)19(23)20-11-10-14-12-22(2)13-21-14/h5-7,9,12-13H,3-4,8,10-11H2,1-2H3,(H,20,23). The molecule has 3 rings (SSSR count). The minimum Gasteiger partial charge on any atom is -0.460 e. The van der Waals surface area contributed by atoms with Gasteiger partial charge in [0.2, 0.25) is 0 Å². The number of nitrogens with one attached hydrogen (secondary N) is 1. The highest BCUT2D eigenvalue weighted by Gasteiger charge is 2.19. The average molecular weight is 325 g/mol. The van der Waals surface area contributed by atoms with Crippen LogP contribution in [0.4, 0.5) is 0 Å². The molecule has 0 unspecified atom stereocenters. The minimum absolute atomic E-state index is 0.0676. The van der Waals surface area contributed by atoms with Crippen LogP contribution in [0.2, 0.25) is 0 Å². The van der Waals surface area contributed by atoms with Gasteiger partial charge in [-0.2, -0.15) is 0 Å². The lowest BCUT2D eigenvalue weighted by Crippen LogP contribution is -2.26. The van der Waals surface area contributed by atoms with E-state index in [4.69, 9.17) is 4.42 Å². The Morgan fingerprint density at radius 1 is 1.29 bits per heavy atom. The van der Waals surface area contributed by atoms with Crippen molar-refractivity contribution in [2.45, 2.75) is 32.6 Å². The number of unbranched alkanes of at least 4 members (excludes halogenated alkanes) is 1. The predicted octanol–water partition coefficient (Wildman–Crippen LogP) is 3.48. The largest absolute Gasteiger partial charge is 0.460 e. The van der Waals surface area contributed by atoms with Gasteiger partial charge in [0.05, 0.1) is 17.6 Å². The van der Waals surface area contributed by atoms with Crippen molar-refractivity contribution in [2.24, 2.45) is 7.05 Å². The summed E-state index contributed by atoms with van der Waals surface area (Å²) >= 11 is 0. The summed E-state index contributed by atoms with van der Waals surface area (Å²) in [6.07, 6.45) is 7.31. The van der Waals surface area contributed by atoms with Crippen LogP contribution in [0, 0.1) is 0 Å². The Morgan fingerprint density at radius 3 is 2.88 bits per heavy atom. The maximum absolute atomic E-state index is 12.7. The summed E-state index contributed by atoms with van der Waals surface area (Å²) in [7, 11) is 1.94. The molecule has 0 saturated heterocycles. The lowest BCUT2D eigenvalue weighted by Gasteiger charge is -2.05. The van der Waals surface area contributed by atoms with Crippen LogP contribution in [0.3, 0.4) is 0 Å². The molecule has 5 nitrogen and oxygen atoms in total. The van der Waals surface area contributed by atoms with E-state index in [0.29, 0.717) is 18.5 Å². The van der Waals surface area contributed by atoms with Gasteiger partial charge in [0, 0.05) is 38.0 Å². The molecule has 24 heavy (non-hydrogen) atoms. The summed E-state index contributed by atoms with van der Waals surface area (Å²) in [6, 6.07) is 7.72. The molecule has 0 aliphatic carbocycles. The number of hydrogen-bond donors (Lipinski definition) is 1. The van der Waals surface area contributed by atoms with Gasteiger partial charge in [-0.1, -0.05) is 31.5 Å². The lowest BCUT2D eigenvalue weighted by atomic mass is 10.1. The number of nitrogens with zero attached hydrogens (tertiary/aromatic N) is 2. The van der Waals surface area contributed by atoms with E-state index in [9.17, 15) is 4.79 Å². The first kappa shape index (κ1) is 16.3. The fourth-order valence-corrected chi connectivity index (χ4v) is 2.85. The van der Waals surface area contributed by atoms with Crippen molar-refractivity contribution >= 4 is 16.9 Å². The molecular weight excluding hydrogens is 302 g/mol. The van der Waals surface area contributed by atoms with E-state index < -0.39 is 0 Å². The summed E-state index contributed by atoms with van der Waals surface area (Å²) in [6.45, 7) is 2.69. The van der Waals surface area contributed by atoms with Gasteiger partial charge < -0.3 is 14.3 Å². The summed E-state index contributed by atoms with van der Waals surface area (Å²) in [4.78, 5) is 17.0. The number of imidazole rings is 1. The first-order chi connectivity index (χ1) is 11.7. The predicted molar refractivity (Wildman–Crippen MR) is 94.1 cm³/mol. The number of benzene rings is 1. The third-order valence-electron chi connectivity index (χ3n) is 4.08. The maximum Gasteiger partial charge on any atom is 0.255 e. The molecule has 1 N–H and O–H groups in total. The second-order valence-corrected chi connectivity index (χ2v) is 6.04. The number of carbonyl (C=O) groups is 1. The van der Waals surface area contributed by atoms with E-state index in [1.54, 1.807) is 6.33 Å². The number of aryl methyl sites for hydroxylation is 2. The zero-order valence-electron chi connectivity index (χ0n) is 14.2. The number of amides is 1. The molecule has 3 aromatic rings. The van der Waals surface area contributed by atoms with Crippen LogP contribution in [-0.2, 0) is 19.9 Å². The van der Waals surface area contributed by atoms with Crippen molar-refractivity contribution in [3.8, 4) is 0 Å². The zero-order chi connectivity index (χ0) is 16.9. The third-order valence-corrected chi connectivity index (χ3v) is 4.08. The van der Waals surface area contributed by atoms with Crippen molar-refractivity contribution in [2.75, 3.05) is 6.54 Å². The van der Waals surface area contributed by atoms with Gasteiger partial charge in [-0.05, 0) is 12.5 Å². The van der Waals surface area contributed by atoms with E-state index in [1.165, 1.54) is 0 Å². The molecule has 0 saturated carbocycles. The van der Waals surface area contributed by atoms with Crippen molar-refractivity contribution in [3.05, 3.63) is 53.8 Å². The molecule has 0 atom stereocenters. The fraction of sp³-hybridized carbons (Fsp3) is 0.368. The van der Waals surface area contributed by atoms with E-state index in [-0.39, 0.29) is 5.91 Å². The van der Waals surface area contributed by atoms with Crippen LogP contribution in [0.25, 0.3) is 11.0 Å². The highest BCUT2D eigenvalue weighted by atomic mass is 16.3. The molecule has 0 aliphatic heterocycles. The SMILES string of the molecule is CCCCc1oc2ccccc2c1C(=O)NCCc1cn(C)cn1. The topological polar surface area (TPSA) is 60.1 Å². The normalized spacial score (nSPS) is 11.1. The molecule has 1 aromatic carbocycles. The fourth-order valence-electron chi connectivity index (χ4n) is 2.85. The third kappa shape index (κ3) is 3.50. The second-order valence-electron chi connectivity index (χ2n) is 6.04. The van der Waals surface area contributed by atoms with Crippen LogP contribution in [0.15, 0.2) is 41.2 Å². The summed E-state index contributed by atoms with van der Waals surface area (Å²) in [5, 5.41) is 3.89. The van der Waals surface area contributed by atoms with Gasteiger partial charge in [-0.25, -0.2) is 4.98 Å². The Hall–Kier alpha value is -2.56. The van der Waals surface area contributed by atoms with Crippen molar-refractivity contribution in [3.63, 3.8) is 0 Å². The molecule has 2 heterocycles. The molecular formula is C19H23N3O2. The van der Waals surface area contributed by atoms with E-state index in [1.807, 2.05) is 42.1 Å². The first-order valence-corrected chi connectivity index (χ1v) is 8.44. The molecule has 126 valence electrons. The molecule has 0 aliphatic rings. The number of fused-ring (bicyclic) bond motifs is 1. The number of para-hydroxylation sites is 1. The Labute approximate surface area is 141 Å². The van der Waals surface area contributed by atoms with Gasteiger partial charge in [0.1, 0.15) is 11.3 Å². The van der Waals surface area contributed by atoms with Gasteiger partial charge in [0.25, 0.3) is 5.91 Å². The van der Waals surface area contributed by atoms with Crippen molar-refractivity contribution in [1.82, 2.24) is 14.9 Å². The Kier molecular flexibility index (Phi) is 4.99. The number of rotatable bonds is 7. The van der Waals surface area contributed by atoms with Crippen LogP contribution in [0.5, 0.6) is 0 Å². The van der Waals surface area contributed by atoms with Gasteiger partial charge in [0.15, 0.2) is 0 Å². The number of aromatic nitrogens is 2. The average Bonchev–Trinajstić information content (AvgIpc) is 3.15. The number of furan rings is 1. The number of hydrogen-bond acceptors (Lipinski definition) is 3. The quantitative estimate of drug-likeness (QED) is 0.723. The minimum atomic E-state index is -0.0676. The molecule has 0 spiro atoms.